The first kappa shape index (κ1) is 15.6. The van der Waals surface area contributed by atoms with Crippen molar-refractivity contribution >= 4 is 34.7 Å². The van der Waals surface area contributed by atoms with Crippen molar-refractivity contribution in [2.45, 2.75) is 19.2 Å². The number of hydrogen-bond donors (Lipinski definition) is 0. The van der Waals surface area contributed by atoms with Crippen molar-refractivity contribution in [3.63, 3.8) is 0 Å². The molecule has 0 spiro atoms. The average Bonchev–Trinajstić information content (AvgIpc) is 0.811. The average molecular weight is 113 g/mol. The smallest absolute Gasteiger partial charge is 1.00 e. The van der Waals surface area contributed by atoms with E-state index in [9.17, 15) is 0 Å². The van der Waals surface area contributed by atoms with Gasteiger partial charge in [-0.1, -0.05) is 0 Å². The third-order valence-electron chi connectivity index (χ3n) is 0. The van der Waals surface area contributed by atoms with Crippen molar-refractivity contribution in [2.24, 2.45) is 0 Å². The van der Waals surface area contributed by atoms with E-state index in [0.29, 0.717) is 5.38 Å². The molecule has 0 radical (unpaired) electrons. The van der Waals surface area contributed by atoms with Crippen LogP contribution in [0.2, 0.25) is 0 Å². The van der Waals surface area contributed by atoms with Crippen LogP contribution >= 0.6 is 11.6 Å². The Kier molecular flexibility index (Phi) is 25.6. The van der Waals surface area contributed by atoms with Gasteiger partial charge in [-0.15, -0.1) is 11.6 Å². The molecule has 0 aliphatic rings. The quantitative estimate of drug-likeness (QED) is 0.267. The van der Waals surface area contributed by atoms with E-state index in [1.54, 1.807) is 0 Å². The number of halogens is 1. The molecule has 6 heavy (non-hydrogen) atoms. The van der Waals surface area contributed by atoms with Crippen molar-refractivity contribution < 1.29 is 23.1 Å². The van der Waals surface area contributed by atoms with Gasteiger partial charge in [0, 0.05) is 5.38 Å². The molecule has 0 saturated heterocycles. The van der Waals surface area contributed by atoms with E-state index in [4.69, 9.17) is 11.6 Å². The molecular formula is C3H10ClLiMg. The Balaban J connectivity index is -0.00000000450. The summed E-state index contributed by atoms with van der Waals surface area (Å²) in [5.41, 5.74) is 0. The molecule has 0 heterocycles. The predicted molar refractivity (Wildman–Crippen MR) is 30.1 cm³/mol. The molecule has 0 bridgehead atoms. The summed E-state index contributed by atoms with van der Waals surface area (Å²) >= 11 is 5.27. The maximum Gasteiger partial charge on any atom is 2.00 e. The summed E-state index contributed by atoms with van der Waals surface area (Å²) in [4.78, 5) is 0. The normalized spacial score (nSPS) is 6.00. The molecule has 32 valence electrons. The molecule has 0 unspecified atom stereocenters. The van der Waals surface area contributed by atoms with Crippen molar-refractivity contribution in [3.05, 3.63) is 0 Å². The minimum absolute atomic E-state index is 0. The zero-order chi connectivity index (χ0) is 3.58. The number of alkyl halides is 1. The van der Waals surface area contributed by atoms with Gasteiger partial charge in [0.1, 0.15) is 0 Å². The summed E-state index contributed by atoms with van der Waals surface area (Å²) in [5.74, 6) is 0. The maximum atomic E-state index is 5.27. The first-order valence-electron chi connectivity index (χ1n) is 1.37. The van der Waals surface area contributed by atoms with Gasteiger partial charge in [0.2, 0.25) is 0 Å². The van der Waals surface area contributed by atoms with Crippen LogP contribution < -0.4 is 18.9 Å². The van der Waals surface area contributed by atoms with E-state index in [1.165, 1.54) is 0 Å². The van der Waals surface area contributed by atoms with E-state index >= 15 is 0 Å². The molecule has 3 heteroatoms. The van der Waals surface area contributed by atoms with Gasteiger partial charge in [-0.25, -0.2) is 0 Å². The van der Waals surface area contributed by atoms with Crippen LogP contribution in [0.5, 0.6) is 0 Å². The molecular weight excluding hydrogens is 103 g/mol. The zero-order valence-electron chi connectivity index (χ0n) is 7.66. The molecule has 0 aromatic rings. The first-order chi connectivity index (χ1) is 1.73. The summed E-state index contributed by atoms with van der Waals surface area (Å²) in [6.45, 7) is 3.86. The Morgan fingerprint density at radius 3 is 1.50 bits per heavy atom. The fourth-order valence-electron chi connectivity index (χ4n) is 0. The minimum Gasteiger partial charge on any atom is -1.00 e. The number of hydrogen-bond acceptors (Lipinski definition) is 0. The zero-order valence-corrected chi connectivity index (χ0v) is 6.83. The fourth-order valence-corrected chi connectivity index (χ4v) is 0. The van der Waals surface area contributed by atoms with Crippen LogP contribution in [0.3, 0.4) is 0 Å². The second-order valence-electron chi connectivity index (χ2n) is 1.01. The van der Waals surface area contributed by atoms with Gasteiger partial charge in [0.05, 0.1) is 0 Å². The molecule has 0 saturated carbocycles. The summed E-state index contributed by atoms with van der Waals surface area (Å²) in [6, 6.07) is 0. The Hall–Kier alpha value is 1.65. The Bertz CT molecular complexity index is 23.8. The largest absolute Gasteiger partial charge is 2.00 e. The third kappa shape index (κ3) is 44.8. The van der Waals surface area contributed by atoms with Crippen molar-refractivity contribution in [1.29, 1.82) is 0 Å². The monoisotopic (exact) mass is 112 g/mol. The molecule has 0 aromatic carbocycles. The molecule has 0 aromatic heterocycles. The second-order valence-corrected chi connectivity index (χ2v) is 1.89. The predicted octanol–water partition coefficient (Wildman–Crippen LogP) is -1.41. The van der Waals surface area contributed by atoms with Gasteiger partial charge in [0.15, 0.2) is 0 Å². The summed E-state index contributed by atoms with van der Waals surface area (Å²) < 4.78 is 0. The molecule has 0 N–H and O–H groups in total. The van der Waals surface area contributed by atoms with Gasteiger partial charge in [-0.3, -0.25) is 0 Å². The Morgan fingerprint density at radius 1 is 1.50 bits per heavy atom. The van der Waals surface area contributed by atoms with Gasteiger partial charge < -0.3 is 4.28 Å². The molecule has 0 aliphatic carbocycles. The van der Waals surface area contributed by atoms with E-state index in [2.05, 4.69) is 0 Å². The second kappa shape index (κ2) is 9.82. The Morgan fingerprint density at radius 2 is 1.50 bits per heavy atom. The summed E-state index contributed by atoms with van der Waals surface area (Å²) in [7, 11) is 0. The maximum absolute atomic E-state index is 5.27. The number of rotatable bonds is 0. The van der Waals surface area contributed by atoms with Crippen molar-refractivity contribution in [3.8, 4) is 0 Å². The molecule has 0 amide bonds. The minimum atomic E-state index is 0. The topological polar surface area (TPSA) is 0 Å². The molecule has 0 atom stereocenters. The van der Waals surface area contributed by atoms with Crippen molar-refractivity contribution in [2.75, 3.05) is 0 Å². The van der Waals surface area contributed by atoms with E-state index in [0.717, 1.165) is 0 Å². The van der Waals surface area contributed by atoms with Crippen molar-refractivity contribution in [1.82, 2.24) is 0 Å². The van der Waals surface area contributed by atoms with E-state index < -0.39 is 0 Å². The van der Waals surface area contributed by atoms with Crippen LogP contribution in [-0.2, 0) is 0 Å². The third-order valence-corrected chi connectivity index (χ3v) is 0. The van der Waals surface area contributed by atoms with Crippen LogP contribution in [0.1, 0.15) is 18.1 Å². The van der Waals surface area contributed by atoms with E-state index in [-0.39, 0.29) is 46.2 Å². The van der Waals surface area contributed by atoms with Gasteiger partial charge >= 0.3 is 41.9 Å². The van der Waals surface area contributed by atoms with Gasteiger partial charge in [-0.2, -0.15) is 0 Å². The molecule has 0 fully saturated rings. The van der Waals surface area contributed by atoms with Crippen LogP contribution in [0.4, 0.5) is 0 Å². The van der Waals surface area contributed by atoms with Crippen LogP contribution in [0, 0.1) is 0 Å². The summed E-state index contributed by atoms with van der Waals surface area (Å²) in [5, 5.41) is 0.306. The van der Waals surface area contributed by atoms with Gasteiger partial charge in [-0.05, 0) is 13.8 Å². The SMILES string of the molecule is CC(C)Cl.[H-].[H-].[H-].[Li+].[Mg+2]. The summed E-state index contributed by atoms with van der Waals surface area (Å²) in [6.07, 6.45) is 0. The first-order valence-corrected chi connectivity index (χ1v) is 1.81. The van der Waals surface area contributed by atoms with Crippen LogP contribution in [-0.4, -0.2) is 28.4 Å². The molecule has 0 rings (SSSR count). The van der Waals surface area contributed by atoms with Crippen LogP contribution in [0.25, 0.3) is 0 Å². The molecule has 0 aliphatic heterocycles. The Labute approximate surface area is 76.8 Å². The molecule has 0 nitrogen and oxygen atoms in total. The van der Waals surface area contributed by atoms with Gasteiger partial charge in [0.25, 0.3) is 0 Å². The fraction of sp³-hybridized carbons (Fsp3) is 1.00. The van der Waals surface area contributed by atoms with Crippen LogP contribution in [0.15, 0.2) is 0 Å². The standard InChI is InChI=1S/C3H7Cl.Li.Mg.3H/c1-3(2)4;;;;;/h3H,1-2H3;;;;;/q;+1;+2;3*-1. The van der Waals surface area contributed by atoms with E-state index in [1.807, 2.05) is 13.8 Å².